The highest BCUT2D eigenvalue weighted by atomic mass is 19.1. The van der Waals surface area contributed by atoms with E-state index in [1.165, 1.54) is 6.07 Å². The van der Waals surface area contributed by atoms with E-state index >= 15 is 0 Å². The largest absolute Gasteiger partial charge is 0.252 e. The third-order valence-corrected chi connectivity index (χ3v) is 5.38. The first-order valence-corrected chi connectivity index (χ1v) is 9.33. The minimum Gasteiger partial charge on any atom is -0.252 e. The van der Waals surface area contributed by atoms with E-state index in [9.17, 15) is 8.78 Å². The number of hydrogen-bond donors (Lipinski definition) is 0. The fraction of sp³-hybridized carbons (Fsp3) is 0.0833. The summed E-state index contributed by atoms with van der Waals surface area (Å²) in [7, 11) is 0. The Bertz CT molecular complexity index is 1390. The molecular formula is C24H17F2N3. The highest BCUT2D eigenvalue weighted by molar-refractivity contribution is 6.09. The second kappa shape index (κ2) is 6.48. The molecule has 142 valence electrons. The van der Waals surface area contributed by atoms with Crippen LogP contribution in [0.25, 0.3) is 38.8 Å². The SMILES string of the molecule is Cc1cccc(-n2nc(-c3ccccc3)c3cnc4c(F)cc(F)cc4c32)c1C. The van der Waals surface area contributed by atoms with Crippen molar-refractivity contribution in [3.8, 4) is 16.9 Å². The summed E-state index contributed by atoms with van der Waals surface area (Å²) in [6.07, 6.45) is 1.62. The molecule has 0 aliphatic heterocycles. The summed E-state index contributed by atoms with van der Waals surface area (Å²) in [6.45, 7) is 4.05. The third kappa shape index (κ3) is 2.70. The second-order valence-corrected chi connectivity index (χ2v) is 7.15. The van der Waals surface area contributed by atoms with Crippen LogP contribution in [0.2, 0.25) is 0 Å². The lowest BCUT2D eigenvalue weighted by molar-refractivity contribution is 0.590. The average Bonchev–Trinajstić information content (AvgIpc) is 3.10. The zero-order chi connectivity index (χ0) is 20.1. The second-order valence-electron chi connectivity index (χ2n) is 7.15. The molecule has 0 bridgehead atoms. The molecule has 5 heteroatoms. The van der Waals surface area contributed by atoms with Gasteiger partial charge in [-0.3, -0.25) is 4.98 Å². The fourth-order valence-electron chi connectivity index (χ4n) is 3.77. The number of halogens is 2. The van der Waals surface area contributed by atoms with Gasteiger partial charge in [-0.2, -0.15) is 5.10 Å². The van der Waals surface area contributed by atoms with Crippen molar-refractivity contribution in [1.82, 2.24) is 14.8 Å². The lowest BCUT2D eigenvalue weighted by Gasteiger charge is -2.11. The summed E-state index contributed by atoms with van der Waals surface area (Å²) in [5.41, 5.74) is 5.45. The quantitative estimate of drug-likeness (QED) is 0.366. The predicted molar refractivity (Wildman–Crippen MR) is 111 cm³/mol. The Labute approximate surface area is 166 Å². The third-order valence-electron chi connectivity index (χ3n) is 5.38. The van der Waals surface area contributed by atoms with E-state index in [4.69, 9.17) is 5.10 Å². The summed E-state index contributed by atoms with van der Waals surface area (Å²) in [5, 5.41) is 6.02. The van der Waals surface area contributed by atoms with Crippen LogP contribution < -0.4 is 0 Å². The van der Waals surface area contributed by atoms with E-state index in [0.29, 0.717) is 10.9 Å². The lowest BCUT2D eigenvalue weighted by atomic mass is 10.1. The Morgan fingerprint density at radius 1 is 0.862 bits per heavy atom. The molecule has 0 unspecified atom stereocenters. The van der Waals surface area contributed by atoms with E-state index in [1.807, 2.05) is 62.4 Å². The van der Waals surface area contributed by atoms with Crippen molar-refractivity contribution in [3.05, 3.63) is 89.6 Å². The molecule has 0 fully saturated rings. The van der Waals surface area contributed by atoms with Crippen molar-refractivity contribution in [2.24, 2.45) is 0 Å². The maximum absolute atomic E-state index is 14.5. The molecule has 5 rings (SSSR count). The van der Waals surface area contributed by atoms with E-state index in [-0.39, 0.29) is 5.52 Å². The number of aromatic nitrogens is 3. The average molecular weight is 385 g/mol. The highest BCUT2D eigenvalue weighted by Gasteiger charge is 2.20. The highest BCUT2D eigenvalue weighted by Crippen LogP contribution is 2.35. The number of aryl methyl sites for hydroxylation is 1. The normalized spacial score (nSPS) is 11.4. The number of nitrogens with zero attached hydrogens (tertiary/aromatic N) is 3. The molecule has 0 radical (unpaired) electrons. The molecule has 3 nitrogen and oxygen atoms in total. The van der Waals surface area contributed by atoms with Gasteiger partial charge in [0.15, 0.2) is 5.82 Å². The lowest BCUT2D eigenvalue weighted by Crippen LogP contribution is -2.01. The predicted octanol–water partition coefficient (Wildman–Crippen LogP) is 6.14. The van der Waals surface area contributed by atoms with Crippen LogP contribution >= 0.6 is 0 Å². The minimum absolute atomic E-state index is 0.130. The van der Waals surface area contributed by atoms with Crippen LogP contribution in [0.1, 0.15) is 11.1 Å². The minimum atomic E-state index is -0.683. The summed E-state index contributed by atoms with van der Waals surface area (Å²) >= 11 is 0. The van der Waals surface area contributed by atoms with E-state index in [0.717, 1.165) is 39.5 Å². The van der Waals surface area contributed by atoms with Crippen LogP contribution in [0.3, 0.4) is 0 Å². The van der Waals surface area contributed by atoms with Gasteiger partial charge >= 0.3 is 0 Å². The van der Waals surface area contributed by atoms with Crippen LogP contribution in [0.15, 0.2) is 66.9 Å². The molecule has 0 atom stereocenters. The van der Waals surface area contributed by atoms with Crippen molar-refractivity contribution >= 4 is 21.8 Å². The van der Waals surface area contributed by atoms with E-state index in [2.05, 4.69) is 4.98 Å². The molecule has 0 saturated carbocycles. The van der Waals surface area contributed by atoms with Crippen LogP contribution in [-0.2, 0) is 0 Å². The van der Waals surface area contributed by atoms with Gasteiger partial charge in [0.05, 0.1) is 11.2 Å². The molecule has 0 aliphatic rings. The number of fused-ring (bicyclic) bond motifs is 3. The van der Waals surface area contributed by atoms with Crippen LogP contribution in [0.4, 0.5) is 8.78 Å². The molecule has 0 aliphatic carbocycles. The molecule has 0 saturated heterocycles. The van der Waals surface area contributed by atoms with Crippen molar-refractivity contribution in [2.75, 3.05) is 0 Å². The van der Waals surface area contributed by atoms with Crippen molar-refractivity contribution in [1.29, 1.82) is 0 Å². The molecule has 0 amide bonds. The molecule has 3 aromatic carbocycles. The van der Waals surface area contributed by atoms with Gasteiger partial charge in [-0.05, 0) is 37.1 Å². The molecule has 2 aromatic heterocycles. The monoisotopic (exact) mass is 385 g/mol. The van der Waals surface area contributed by atoms with Gasteiger partial charge in [0.1, 0.15) is 17.0 Å². The summed E-state index contributed by atoms with van der Waals surface area (Å²) in [5.74, 6) is -1.32. The van der Waals surface area contributed by atoms with Crippen molar-refractivity contribution in [3.63, 3.8) is 0 Å². The van der Waals surface area contributed by atoms with Gasteiger partial charge in [0, 0.05) is 28.6 Å². The van der Waals surface area contributed by atoms with Gasteiger partial charge in [-0.25, -0.2) is 13.5 Å². The maximum atomic E-state index is 14.5. The molecular weight excluding hydrogens is 368 g/mol. The Kier molecular flexibility index (Phi) is 3.91. The molecule has 2 heterocycles. The Morgan fingerprint density at radius 3 is 2.45 bits per heavy atom. The van der Waals surface area contributed by atoms with Crippen LogP contribution in [-0.4, -0.2) is 14.8 Å². The van der Waals surface area contributed by atoms with E-state index < -0.39 is 11.6 Å². The Balaban J connectivity index is 1.98. The Hall–Kier alpha value is -3.60. The zero-order valence-electron chi connectivity index (χ0n) is 15.9. The number of hydrogen-bond acceptors (Lipinski definition) is 2. The van der Waals surface area contributed by atoms with Gasteiger partial charge in [-0.15, -0.1) is 0 Å². The Morgan fingerprint density at radius 2 is 1.66 bits per heavy atom. The van der Waals surface area contributed by atoms with Gasteiger partial charge in [-0.1, -0.05) is 42.5 Å². The van der Waals surface area contributed by atoms with Crippen LogP contribution in [0, 0.1) is 25.5 Å². The topological polar surface area (TPSA) is 30.7 Å². The fourth-order valence-corrected chi connectivity index (χ4v) is 3.77. The number of pyridine rings is 1. The van der Waals surface area contributed by atoms with Crippen LogP contribution in [0.5, 0.6) is 0 Å². The smallest absolute Gasteiger partial charge is 0.152 e. The van der Waals surface area contributed by atoms with Gasteiger partial charge in [0.2, 0.25) is 0 Å². The zero-order valence-corrected chi connectivity index (χ0v) is 15.9. The van der Waals surface area contributed by atoms with Gasteiger partial charge in [0.25, 0.3) is 0 Å². The molecule has 5 aromatic rings. The number of rotatable bonds is 2. The number of benzene rings is 3. The summed E-state index contributed by atoms with van der Waals surface area (Å²) < 4.78 is 30.4. The summed E-state index contributed by atoms with van der Waals surface area (Å²) in [6, 6.07) is 17.9. The standard InChI is InChI=1S/C24H17F2N3/c1-14-7-6-10-21(15(14)2)29-24-18-11-17(25)12-20(26)23(18)27-13-19(24)22(28-29)16-8-4-3-5-9-16/h3-13H,1-2H3. The van der Waals surface area contributed by atoms with E-state index in [1.54, 1.807) is 10.9 Å². The first kappa shape index (κ1) is 17.5. The first-order chi connectivity index (χ1) is 14.0. The van der Waals surface area contributed by atoms with Gasteiger partial charge < -0.3 is 0 Å². The maximum Gasteiger partial charge on any atom is 0.152 e. The molecule has 0 N–H and O–H groups in total. The first-order valence-electron chi connectivity index (χ1n) is 9.33. The van der Waals surface area contributed by atoms with Crippen molar-refractivity contribution in [2.45, 2.75) is 13.8 Å². The summed E-state index contributed by atoms with van der Waals surface area (Å²) in [4.78, 5) is 4.29. The molecule has 29 heavy (non-hydrogen) atoms. The molecule has 0 spiro atoms. The van der Waals surface area contributed by atoms with Crippen molar-refractivity contribution < 1.29 is 8.78 Å².